The van der Waals surface area contributed by atoms with E-state index in [9.17, 15) is 5.11 Å². The third-order valence-electron chi connectivity index (χ3n) is 12.1. The number of hydrogen-bond donors (Lipinski definition) is 1. The van der Waals surface area contributed by atoms with Gasteiger partial charge in [0.05, 0.1) is 22.3 Å². The Labute approximate surface area is 394 Å². The molecule has 1 N–H and O–H groups in total. The molecule has 7 aromatic carbocycles. The Morgan fingerprint density at radius 2 is 1.17 bits per heavy atom. The van der Waals surface area contributed by atoms with Gasteiger partial charge >= 0.3 is 0 Å². The van der Waals surface area contributed by atoms with E-state index in [-0.39, 0.29) is 37.6 Å². The fraction of sp³-hybridized carbons (Fsp3) is 0.186. The topological polar surface area (TPSA) is 50.9 Å². The molecule has 9 rings (SSSR count). The summed E-state index contributed by atoms with van der Waals surface area (Å²) in [5.74, 6) is 0.0968. The third kappa shape index (κ3) is 8.77. The van der Waals surface area contributed by atoms with Gasteiger partial charge in [-0.05, 0) is 92.1 Å². The maximum absolute atomic E-state index is 11.8. The first-order chi connectivity index (χ1) is 30.5. The molecule has 322 valence electrons. The van der Waals surface area contributed by atoms with Crippen LogP contribution in [-0.2, 0) is 31.9 Å². The summed E-state index contributed by atoms with van der Waals surface area (Å²) in [6.07, 6.45) is 1.86. The molecule has 0 unspecified atom stereocenters. The predicted octanol–water partition coefficient (Wildman–Crippen LogP) is 15.6. The van der Waals surface area contributed by atoms with Crippen LogP contribution in [-0.4, -0.2) is 19.6 Å². The molecule has 2 aromatic heterocycles. The monoisotopic (exact) mass is 1020 g/mol. The van der Waals surface area contributed by atoms with Gasteiger partial charge in [-0.25, -0.2) is 4.98 Å². The molecule has 0 radical (unpaired) electrons. The molecular formula is C59H54N3OPt-. The van der Waals surface area contributed by atoms with Crippen molar-refractivity contribution in [1.29, 1.82) is 0 Å². The molecule has 0 saturated carbocycles. The smallest absolute Gasteiger partial charge is 0.148 e. The standard InChI is InChI=1S/C59H54N3O.Pt/c1-38(2)41-21-15-22-42(31-41)43-29-30-60-52(35-43)46-33-44(39-17-11-9-12-18-39)32-45(34-46)49-23-16-24-54-56(49)61-57(51-37-48(59(6,7)8)26-28-55(51)63)62(54)53-27-25-47(58(3,4)5)36-50(53)40-19-13-10-14-20-40;/h9-33,35-38,63H,1-8H3;/q-1;/i38D;. The molecule has 0 aliphatic rings. The van der Waals surface area contributed by atoms with E-state index in [1.54, 1.807) is 6.07 Å². The van der Waals surface area contributed by atoms with Crippen LogP contribution >= 0.6 is 0 Å². The first-order valence-electron chi connectivity index (χ1n) is 22.3. The summed E-state index contributed by atoms with van der Waals surface area (Å²) in [4.78, 5) is 10.5. The van der Waals surface area contributed by atoms with Crippen LogP contribution in [0, 0.1) is 6.07 Å². The molecule has 4 nitrogen and oxygen atoms in total. The van der Waals surface area contributed by atoms with E-state index in [2.05, 4.69) is 180 Å². The summed E-state index contributed by atoms with van der Waals surface area (Å²) in [5, 5.41) is 11.8. The Hall–Kier alpha value is -6.35. The van der Waals surface area contributed by atoms with E-state index in [4.69, 9.17) is 11.3 Å². The fourth-order valence-corrected chi connectivity index (χ4v) is 8.39. The molecule has 0 aliphatic heterocycles. The number of fused-ring (bicyclic) bond motifs is 1. The molecular weight excluding hydrogens is 962 g/mol. The fourth-order valence-electron chi connectivity index (χ4n) is 8.39. The van der Waals surface area contributed by atoms with Gasteiger partial charge in [-0.15, -0.1) is 23.8 Å². The van der Waals surface area contributed by atoms with E-state index in [1.807, 2.05) is 50.4 Å². The first kappa shape index (κ1) is 42.9. The summed E-state index contributed by atoms with van der Waals surface area (Å²) in [5.41, 5.74) is 16.1. The maximum Gasteiger partial charge on any atom is 0.148 e. The van der Waals surface area contributed by atoms with Gasteiger partial charge in [0.15, 0.2) is 0 Å². The molecule has 0 fully saturated rings. The molecule has 5 heteroatoms. The molecule has 0 atom stereocenters. The molecule has 0 aliphatic carbocycles. The van der Waals surface area contributed by atoms with Crippen molar-refractivity contribution in [3.05, 3.63) is 193 Å². The van der Waals surface area contributed by atoms with E-state index >= 15 is 0 Å². The number of pyridine rings is 1. The van der Waals surface area contributed by atoms with Gasteiger partial charge in [-0.2, -0.15) is 0 Å². The second-order valence-corrected chi connectivity index (χ2v) is 18.8. The summed E-state index contributed by atoms with van der Waals surface area (Å²) in [7, 11) is 0. The number of phenolic OH excluding ortho intramolecular Hbond substituents is 1. The number of benzene rings is 7. The zero-order valence-electron chi connectivity index (χ0n) is 38.8. The summed E-state index contributed by atoms with van der Waals surface area (Å²) >= 11 is 0. The third-order valence-corrected chi connectivity index (χ3v) is 12.1. The summed E-state index contributed by atoms with van der Waals surface area (Å²) in [6, 6.07) is 60.5. The molecule has 9 aromatic rings. The Balaban J connectivity index is 0.00000576. The molecule has 0 amide bonds. The second-order valence-electron chi connectivity index (χ2n) is 18.8. The summed E-state index contributed by atoms with van der Waals surface area (Å²) < 4.78 is 10.9. The van der Waals surface area contributed by atoms with Crippen molar-refractivity contribution in [1.82, 2.24) is 14.5 Å². The second kappa shape index (κ2) is 17.7. The van der Waals surface area contributed by atoms with E-state index < -0.39 is 5.89 Å². The van der Waals surface area contributed by atoms with Crippen molar-refractivity contribution in [3.63, 3.8) is 0 Å². The summed E-state index contributed by atoms with van der Waals surface area (Å²) in [6.45, 7) is 17.1. The Kier molecular flexibility index (Phi) is 11.8. The molecule has 0 bridgehead atoms. The van der Waals surface area contributed by atoms with Gasteiger partial charge in [0.2, 0.25) is 0 Å². The first-order valence-corrected chi connectivity index (χ1v) is 21.8. The van der Waals surface area contributed by atoms with Crippen LogP contribution in [0.2, 0.25) is 0 Å². The average Bonchev–Trinajstić information content (AvgIpc) is 3.68. The van der Waals surface area contributed by atoms with E-state index in [0.29, 0.717) is 11.4 Å². The molecule has 0 saturated heterocycles. The number of phenols is 1. The number of nitrogens with zero attached hydrogens (tertiary/aromatic N) is 3. The normalized spacial score (nSPS) is 12.2. The van der Waals surface area contributed by atoms with E-state index in [1.165, 1.54) is 5.56 Å². The zero-order valence-corrected chi connectivity index (χ0v) is 40.0. The minimum atomic E-state index is -0.723. The maximum atomic E-state index is 11.8. The minimum Gasteiger partial charge on any atom is -0.507 e. The molecule has 64 heavy (non-hydrogen) atoms. The molecule has 2 heterocycles. The van der Waals surface area contributed by atoms with E-state index in [0.717, 1.165) is 83.6 Å². The van der Waals surface area contributed by atoms with Gasteiger partial charge in [0.1, 0.15) is 11.6 Å². The quantitative estimate of drug-likeness (QED) is 0.154. The van der Waals surface area contributed by atoms with Crippen molar-refractivity contribution in [3.8, 4) is 78.6 Å². The van der Waals surface area contributed by atoms with Crippen LogP contribution in [0.1, 0.15) is 79.3 Å². The number of aromatic nitrogens is 3. The zero-order chi connectivity index (χ0) is 45.0. The van der Waals surface area contributed by atoms with Crippen molar-refractivity contribution < 1.29 is 27.5 Å². The number of para-hydroxylation sites is 1. The predicted molar refractivity (Wildman–Crippen MR) is 263 cm³/mol. The average molecular weight is 1020 g/mol. The number of rotatable bonds is 8. The van der Waals surface area contributed by atoms with Crippen LogP contribution in [0.3, 0.4) is 0 Å². The van der Waals surface area contributed by atoms with Crippen molar-refractivity contribution >= 4 is 11.0 Å². The largest absolute Gasteiger partial charge is 0.507 e. The van der Waals surface area contributed by atoms with Gasteiger partial charge in [-0.3, -0.25) is 9.55 Å². The Bertz CT molecular complexity index is 3170. The number of hydrogen-bond acceptors (Lipinski definition) is 3. The minimum absolute atomic E-state index is 0. The number of aromatic hydroxyl groups is 1. The van der Waals surface area contributed by atoms with Crippen LogP contribution in [0.25, 0.3) is 83.9 Å². The van der Waals surface area contributed by atoms with Crippen molar-refractivity contribution in [2.24, 2.45) is 0 Å². The SMILES string of the molecule is [2H]C(C)(C)c1cccc(-c2ccnc(-c3[c-]c(-c4cccc5c4nc(-c4cc(C(C)(C)C)ccc4O)n5-c4ccc(C(C)(C)C)cc4-c4ccccc4)cc(-c4ccccc4)c3)c2)c1.[Pt]. The van der Waals surface area contributed by atoms with Crippen molar-refractivity contribution in [2.75, 3.05) is 0 Å². The van der Waals surface area contributed by atoms with Gasteiger partial charge in [0.25, 0.3) is 0 Å². The van der Waals surface area contributed by atoms with Gasteiger partial charge in [-0.1, -0.05) is 187 Å². The van der Waals surface area contributed by atoms with Crippen LogP contribution in [0.4, 0.5) is 0 Å². The van der Waals surface area contributed by atoms with Crippen LogP contribution in [0.15, 0.2) is 170 Å². The molecule has 0 spiro atoms. The van der Waals surface area contributed by atoms with Crippen molar-refractivity contribution in [2.45, 2.75) is 72.1 Å². The van der Waals surface area contributed by atoms with Crippen LogP contribution in [0.5, 0.6) is 5.75 Å². The van der Waals surface area contributed by atoms with Gasteiger partial charge < -0.3 is 5.11 Å². The van der Waals surface area contributed by atoms with Gasteiger partial charge in [0, 0.05) is 39.9 Å². The van der Waals surface area contributed by atoms with Crippen LogP contribution < -0.4 is 0 Å². The number of imidazole rings is 1. The Morgan fingerprint density at radius 1 is 0.562 bits per heavy atom. The Morgan fingerprint density at radius 3 is 1.86 bits per heavy atom.